The first-order valence-corrected chi connectivity index (χ1v) is 6.30. The minimum absolute atomic E-state index is 0.111. The molecule has 2 rings (SSSR count). The quantitative estimate of drug-likeness (QED) is 0.931. The molecule has 2 aromatic carbocycles. The van der Waals surface area contributed by atoms with Crippen molar-refractivity contribution in [3.05, 3.63) is 58.3 Å². The van der Waals surface area contributed by atoms with Crippen LogP contribution in [0.15, 0.2) is 46.9 Å². The number of rotatable bonds is 3. The lowest BCUT2D eigenvalue weighted by Crippen LogP contribution is -2.12. The van der Waals surface area contributed by atoms with Crippen LogP contribution in [-0.4, -0.2) is 13.0 Å². The molecule has 0 aromatic heterocycles. The Kier molecular flexibility index (Phi) is 4.16. The van der Waals surface area contributed by atoms with E-state index >= 15 is 0 Å². The van der Waals surface area contributed by atoms with Gasteiger partial charge < -0.3 is 10.1 Å². The molecule has 0 saturated heterocycles. The minimum Gasteiger partial charge on any atom is -0.494 e. The molecule has 0 bridgehead atoms. The first-order chi connectivity index (χ1) is 9.10. The first-order valence-electron chi connectivity index (χ1n) is 5.50. The number of benzene rings is 2. The third kappa shape index (κ3) is 3.32. The fourth-order valence-corrected chi connectivity index (χ4v) is 1.81. The highest BCUT2D eigenvalue weighted by molar-refractivity contribution is 9.10. The molecular weight excluding hydrogens is 313 g/mol. The molecule has 0 heterocycles. The Morgan fingerprint density at radius 2 is 1.89 bits per heavy atom. The lowest BCUT2D eigenvalue weighted by molar-refractivity contribution is 0.102. The normalized spacial score (nSPS) is 10.1. The van der Waals surface area contributed by atoms with Crippen molar-refractivity contribution >= 4 is 27.5 Å². The Hall–Kier alpha value is -1.88. The van der Waals surface area contributed by atoms with Crippen LogP contribution in [0.4, 0.5) is 10.1 Å². The van der Waals surface area contributed by atoms with Crippen molar-refractivity contribution in [3.63, 3.8) is 0 Å². The molecule has 1 amide bonds. The third-order valence-corrected chi connectivity index (χ3v) is 3.04. The highest BCUT2D eigenvalue weighted by Crippen LogP contribution is 2.19. The second-order valence-electron chi connectivity index (χ2n) is 3.81. The van der Waals surface area contributed by atoms with Gasteiger partial charge in [0.2, 0.25) is 0 Å². The molecule has 0 aliphatic carbocycles. The highest BCUT2D eigenvalue weighted by atomic mass is 79.9. The maximum atomic E-state index is 13.5. The minimum atomic E-state index is -0.564. The molecule has 0 aliphatic heterocycles. The van der Waals surface area contributed by atoms with Gasteiger partial charge >= 0.3 is 0 Å². The van der Waals surface area contributed by atoms with Crippen molar-refractivity contribution in [2.75, 3.05) is 12.4 Å². The van der Waals surface area contributed by atoms with Gasteiger partial charge in [0.15, 0.2) is 11.6 Å². The SMILES string of the molecule is COc1ccc(C(=O)Nc2ccc(Br)cc2)cc1F. The number of halogens is 2. The van der Waals surface area contributed by atoms with E-state index < -0.39 is 5.82 Å². The second kappa shape index (κ2) is 5.84. The smallest absolute Gasteiger partial charge is 0.255 e. The van der Waals surface area contributed by atoms with Gasteiger partial charge in [-0.1, -0.05) is 15.9 Å². The Balaban J connectivity index is 2.16. The molecule has 3 nitrogen and oxygen atoms in total. The average molecular weight is 324 g/mol. The Bertz CT molecular complexity index is 599. The first kappa shape index (κ1) is 13.5. The Morgan fingerprint density at radius 1 is 1.21 bits per heavy atom. The molecule has 0 aliphatic rings. The van der Waals surface area contributed by atoms with Gasteiger partial charge in [-0.05, 0) is 42.5 Å². The number of ether oxygens (including phenoxy) is 1. The van der Waals surface area contributed by atoms with E-state index in [0.29, 0.717) is 5.69 Å². The van der Waals surface area contributed by atoms with Gasteiger partial charge in [0.1, 0.15) is 0 Å². The lowest BCUT2D eigenvalue weighted by atomic mass is 10.2. The van der Waals surface area contributed by atoms with Crippen LogP contribution in [0.5, 0.6) is 5.75 Å². The van der Waals surface area contributed by atoms with Crippen LogP contribution >= 0.6 is 15.9 Å². The highest BCUT2D eigenvalue weighted by Gasteiger charge is 2.10. The maximum Gasteiger partial charge on any atom is 0.255 e. The van der Waals surface area contributed by atoms with Crippen molar-refractivity contribution in [2.45, 2.75) is 0 Å². The van der Waals surface area contributed by atoms with Gasteiger partial charge in [0.05, 0.1) is 7.11 Å². The summed E-state index contributed by atoms with van der Waals surface area (Å²) in [5.41, 5.74) is 0.880. The monoisotopic (exact) mass is 323 g/mol. The summed E-state index contributed by atoms with van der Waals surface area (Å²) in [7, 11) is 1.37. The summed E-state index contributed by atoms with van der Waals surface area (Å²) < 4.78 is 19.2. The number of amides is 1. The van der Waals surface area contributed by atoms with E-state index in [1.807, 2.05) is 12.1 Å². The van der Waals surface area contributed by atoms with E-state index in [-0.39, 0.29) is 17.2 Å². The zero-order chi connectivity index (χ0) is 13.8. The van der Waals surface area contributed by atoms with Crippen molar-refractivity contribution in [3.8, 4) is 5.75 Å². The van der Waals surface area contributed by atoms with E-state index in [1.165, 1.54) is 19.2 Å². The summed E-state index contributed by atoms with van der Waals surface area (Å²) in [5.74, 6) is -0.824. The number of hydrogen-bond acceptors (Lipinski definition) is 2. The number of anilines is 1. The molecule has 1 N–H and O–H groups in total. The van der Waals surface area contributed by atoms with Crippen LogP contribution in [-0.2, 0) is 0 Å². The lowest BCUT2D eigenvalue weighted by Gasteiger charge is -2.07. The average Bonchev–Trinajstić information content (AvgIpc) is 2.41. The molecule has 0 spiro atoms. The van der Waals surface area contributed by atoms with Gasteiger partial charge in [0.25, 0.3) is 5.91 Å². The van der Waals surface area contributed by atoms with E-state index in [4.69, 9.17) is 4.74 Å². The van der Waals surface area contributed by atoms with Gasteiger partial charge in [-0.15, -0.1) is 0 Å². The van der Waals surface area contributed by atoms with Crippen molar-refractivity contribution in [1.82, 2.24) is 0 Å². The van der Waals surface area contributed by atoms with Crippen LogP contribution < -0.4 is 10.1 Å². The molecule has 5 heteroatoms. The van der Waals surface area contributed by atoms with Crippen LogP contribution in [0.3, 0.4) is 0 Å². The summed E-state index contributed by atoms with van der Waals surface area (Å²) >= 11 is 3.31. The second-order valence-corrected chi connectivity index (χ2v) is 4.73. The Morgan fingerprint density at radius 3 is 2.47 bits per heavy atom. The van der Waals surface area contributed by atoms with E-state index in [1.54, 1.807) is 12.1 Å². The summed E-state index contributed by atoms with van der Waals surface area (Å²) in [4.78, 5) is 11.9. The molecule has 0 atom stereocenters. The van der Waals surface area contributed by atoms with Crippen LogP contribution in [0.1, 0.15) is 10.4 Å². The van der Waals surface area contributed by atoms with Crippen LogP contribution in [0, 0.1) is 5.82 Å². The number of methoxy groups -OCH3 is 1. The summed E-state index contributed by atoms with van der Waals surface area (Å²) in [6.07, 6.45) is 0. The number of carbonyl (C=O) groups excluding carboxylic acids is 1. The fraction of sp³-hybridized carbons (Fsp3) is 0.0714. The fourth-order valence-electron chi connectivity index (χ4n) is 1.54. The molecule has 98 valence electrons. The summed E-state index contributed by atoms with van der Waals surface area (Å²) in [6.45, 7) is 0. The molecule has 2 aromatic rings. The Labute approximate surface area is 118 Å². The third-order valence-electron chi connectivity index (χ3n) is 2.52. The molecule has 19 heavy (non-hydrogen) atoms. The van der Waals surface area contributed by atoms with E-state index in [9.17, 15) is 9.18 Å². The largest absolute Gasteiger partial charge is 0.494 e. The number of hydrogen-bond donors (Lipinski definition) is 1. The van der Waals surface area contributed by atoms with Crippen LogP contribution in [0.25, 0.3) is 0 Å². The summed E-state index contributed by atoms with van der Waals surface area (Å²) in [6, 6.07) is 11.2. The van der Waals surface area contributed by atoms with Crippen molar-refractivity contribution < 1.29 is 13.9 Å². The van der Waals surface area contributed by atoms with E-state index in [0.717, 1.165) is 10.5 Å². The summed E-state index contributed by atoms with van der Waals surface area (Å²) in [5, 5.41) is 2.68. The van der Waals surface area contributed by atoms with Gasteiger partial charge in [-0.2, -0.15) is 0 Å². The predicted molar refractivity (Wildman–Crippen MR) is 75.0 cm³/mol. The van der Waals surface area contributed by atoms with Gasteiger partial charge in [0, 0.05) is 15.7 Å². The topological polar surface area (TPSA) is 38.3 Å². The molecular formula is C14H11BrFNO2. The van der Waals surface area contributed by atoms with Crippen LogP contribution in [0.2, 0.25) is 0 Å². The molecule has 0 radical (unpaired) electrons. The predicted octanol–water partition coefficient (Wildman–Crippen LogP) is 3.85. The molecule has 0 fully saturated rings. The van der Waals surface area contributed by atoms with Gasteiger partial charge in [-0.25, -0.2) is 4.39 Å². The van der Waals surface area contributed by atoms with E-state index in [2.05, 4.69) is 21.2 Å². The number of carbonyl (C=O) groups is 1. The standard InChI is InChI=1S/C14H11BrFNO2/c1-19-13-7-2-9(8-12(13)16)14(18)17-11-5-3-10(15)4-6-11/h2-8H,1H3,(H,17,18). The molecule has 0 saturated carbocycles. The van der Waals surface area contributed by atoms with Crippen molar-refractivity contribution in [2.24, 2.45) is 0 Å². The zero-order valence-electron chi connectivity index (χ0n) is 10.1. The van der Waals surface area contributed by atoms with Gasteiger partial charge in [-0.3, -0.25) is 4.79 Å². The maximum absolute atomic E-state index is 13.5. The van der Waals surface area contributed by atoms with Crippen molar-refractivity contribution in [1.29, 1.82) is 0 Å². The molecule has 0 unspecified atom stereocenters. The zero-order valence-corrected chi connectivity index (χ0v) is 11.7. The number of nitrogens with one attached hydrogen (secondary N) is 1.